The molecule has 6 aromatic rings. The summed E-state index contributed by atoms with van der Waals surface area (Å²) in [5, 5.41) is 23.7. The molecule has 0 saturated heterocycles. The second-order valence-electron chi connectivity index (χ2n) is 12.8. The minimum absolute atomic E-state index is 0.0239. The lowest BCUT2D eigenvalue weighted by atomic mass is 9.99. The Hall–Kier alpha value is -6.57. The topological polar surface area (TPSA) is 231 Å². The van der Waals surface area contributed by atoms with Gasteiger partial charge >= 0.3 is 6.09 Å². The number of amides is 1. The molecule has 2 aromatic heterocycles. The van der Waals surface area contributed by atoms with E-state index in [9.17, 15) is 18.3 Å². The average Bonchev–Trinajstić information content (AvgIpc) is 3.68. The third kappa shape index (κ3) is 9.17. The molecule has 0 bridgehead atoms. The molecule has 0 spiro atoms. The molecule has 6 rings (SSSR count). The van der Waals surface area contributed by atoms with Gasteiger partial charge in [-0.15, -0.1) is 5.10 Å². The first kappa shape index (κ1) is 41.1. The lowest BCUT2D eigenvalue weighted by Crippen LogP contribution is -2.33. The number of rotatable bonds is 17. The molecule has 0 unspecified atom stereocenters. The van der Waals surface area contributed by atoms with Gasteiger partial charge < -0.3 is 30.4 Å². The minimum atomic E-state index is -4.91. The number of sulfonamides is 1. The van der Waals surface area contributed by atoms with E-state index in [-0.39, 0.29) is 48.0 Å². The molecule has 17 nitrogen and oxygen atoms in total. The third-order valence-corrected chi connectivity index (χ3v) is 12.9. The third-order valence-electron chi connectivity index (χ3n) is 9.11. The lowest BCUT2D eigenvalue weighted by Gasteiger charge is -2.27. The number of nitrogens with one attached hydrogen (secondary N) is 1. The van der Waals surface area contributed by atoms with Crippen molar-refractivity contribution in [3.63, 3.8) is 0 Å². The number of sulfone groups is 1. The van der Waals surface area contributed by atoms with Crippen molar-refractivity contribution in [2.75, 3.05) is 39.4 Å². The molecule has 0 saturated carbocycles. The molecule has 0 atom stereocenters. The van der Waals surface area contributed by atoms with Crippen molar-refractivity contribution in [2.24, 2.45) is 0 Å². The number of carbonyl (C=O) groups is 1. The summed E-state index contributed by atoms with van der Waals surface area (Å²) < 4.78 is 78.7. The Bertz CT molecular complexity index is 2550. The Labute approximate surface area is 335 Å². The number of ether oxygens (including phenoxy) is 3. The number of hydrogen-bond acceptors (Lipinski definition) is 13. The summed E-state index contributed by atoms with van der Waals surface area (Å²) in [5.74, 6) is 0.850. The first-order chi connectivity index (χ1) is 27.8. The van der Waals surface area contributed by atoms with Crippen LogP contribution in [-0.4, -0.2) is 91.2 Å². The molecule has 19 heteroatoms. The number of methoxy groups -OCH3 is 3. The highest BCUT2D eigenvalue weighted by atomic mass is 32.2. The van der Waals surface area contributed by atoms with Crippen molar-refractivity contribution in [1.82, 2.24) is 34.8 Å². The summed E-state index contributed by atoms with van der Waals surface area (Å²) in [6, 6.07) is 26.4. The van der Waals surface area contributed by atoms with E-state index < -0.39 is 48.0 Å². The van der Waals surface area contributed by atoms with Crippen LogP contribution >= 0.6 is 0 Å². The highest BCUT2D eigenvalue weighted by Crippen LogP contribution is 2.43. The number of pyridine rings is 1. The fourth-order valence-corrected chi connectivity index (χ4v) is 9.80. The first-order valence-electron chi connectivity index (χ1n) is 17.6. The molecular weight excluding hydrogens is 789 g/mol. The number of benzene rings is 4. The average molecular weight is 829 g/mol. The monoisotopic (exact) mass is 828 g/mol. The Balaban J connectivity index is 1.65. The van der Waals surface area contributed by atoms with Gasteiger partial charge in [0.15, 0.2) is 15.7 Å². The van der Waals surface area contributed by atoms with Crippen LogP contribution in [0.25, 0.3) is 22.5 Å². The molecule has 0 aliphatic heterocycles. The number of hydrogen-bond donors (Lipinski definition) is 3. The zero-order valence-electron chi connectivity index (χ0n) is 31.6. The van der Waals surface area contributed by atoms with E-state index in [1.807, 2.05) is 0 Å². The van der Waals surface area contributed by atoms with Crippen molar-refractivity contribution in [3.05, 3.63) is 120 Å². The number of nitrogens with zero attached hydrogens (tertiary/aromatic N) is 6. The van der Waals surface area contributed by atoms with Crippen molar-refractivity contribution >= 4 is 31.8 Å². The number of anilines is 1. The number of nitrogens with two attached hydrogens (primary N) is 1. The standard InChI is InChI=1S/C39H40N8O9S2/c1-54-29-12-6-26(7-13-29)23-46(24-27-8-14-30(55-2)15-9-27)58(52,53)36-34(57(50,51)22-21-42-39(48)49)19-18-32(33-5-4-20-41-37(33)40)35(36)38-43-44-45-47(38)25-28-10-16-31(56-3)17-11-28/h4-20,42H,21-25H2,1-3H3,(H2,40,41)(H,48,49). The maximum atomic E-state index is 15.7. The van der Waals surface area contributed by atoms with E-state index in [0.29, 0.717) is 33.9 Å². The summed E-state index contributed by atoms with van der Waals surface area (Å²) in [6.07, 6.45) is 0.0119. The van der Waals surface area contributed by atoms with Crippen LogP contribution in [0, 0.1) is 0 Å². The normalized spacial score (nSPS) is 11.7. The van der Waals surface area contributed by atoms with Crippen LogP contribution in [0.5, 0.6) is 17.2 Å². The molecule has 0 radical (unpaired) electrons. The van der Waals surface area contributed by atoms with Crippen LogP contribution < -0.4 is 25.3 Å². The van der Waals surface area contributed by atoms with Gasteiger partial charge in [-0.3, -0.25) is 0 Å². The van der Waals surface area contributed by atoms with Crippen molar-refractivity contribution in [3.8, 4) is 39.8 Å². The molecule has 0 aliphatic rings. The SMILES string of the molecule is COc1ccc(CN(Cc2ccc(OC)cc2)S(=O)(=O)c2c(S(=O)(=O)CCNC(=O)O)ccc(-c3cccnc3N)c2-c2nnnn2Cc2ccc(OC)cc2)cc1. The van der Waals surface area contributed by atoms with Gasteiger partial charge in [0.2, 0.25) is 10.0 Å². The number of aromatic nitrogens is 5. The predicted molar refractivity (Wildman–Crippen MR) is 213 cm³/mol. The summed E-state index contributed by atoms with van der Waals surface area (Å²) in [4.78, 5) is 14.3. The van der Waals surface area contributed by atoms with E-state index in [0.717, 1.165) is 4.31 Å². The Morgan fingerprint density at radius 1 is 0.776 bits per heavy atom. The number of tetrazole rings is 1. The van der Waals surface area contributed by atoms with Gasteiger partial charge in [-0.1, -0.05) is 42.5 Å². The molecule has 4 N–H and O–H groups in total. The maximum Gasteiger partial charge on any atom is 0.404 e. The highest BCUT2D eigenvalue weighted by Gasteiger charge is 2.38. The highest BCUT2D eigenvalue weighted by molar-refractivity contribution is 7.93. The van der Waals surface area contributed by atoms with E-state index in [1.54, 1.807) is 84.9 Å². The van der Waals surface area contributed by atoms with Gasteiger partial charge in [-0.2, -0.15) is 4.31 Å². The Morgan fingerprint density at radius 2 is 1.33 bits per heavy atom. The molecule has 4 aromatic carbocycles. The van der Waals surface area contributed by atoms with Crippen LogP contribution in [-0.2, 0) is 39.5 Å². The molecule has 302 valence electrons. The van der Waals surface area contributed by atoms with E-state index in [2.05, 4.69) is 25.8 Å². The second-order valence-corrected chi connectivity index (χ2v) is 16.7. The fourth-order valence-electron chi connectivity index (χ4n) is 6.18. The Morgan fingerprint density at radius 3 is 1.84 bits per heavy atom. The fraction of sp³-hybridized carbons (Fsp3) is 0.205. The largest absolute Gasteiger partial charge is 0.497 e. The minimum Gasteiger partial charge on any atom is -0.497 e. The van der Waals surface area contributed by atoms with Gasteiger partial charge in [-0.05, 0) is 87.3 Å². The second kappa shape index (κ2) is 17.7. The molecule has 58 heavy (non-hydrogen) atoms. The van der Waals surface area contributed by atoms with Gasteiger partial charge in [0.1, 0.15) is 28.0 Å². The molecule has 0 fully saturated rings. The molecule has 2 heterocycles. The van der Waals surface area contributed by atoms with E-state index in [4.69, 9.17) is 19.9 Å². The Kier molecular flexibility index (Phi) is 12.5. The van der Waals surface area contributed by atoms with Crippen LogP contribution in [0.4, 0.5) is 10.6 Å². The van der Waals surface area contributed by atoms with E-state index in [1.165, 1.54) is 44.3 Å². The molecule has 1 amide bonds. The maximum absolute atomic E-state index is 15.7. The lowest BCUT2D eigenvalue weighted by molar-refractivity contribution is 0.195. The van der Waals surface area contributed by atoms with Crippen molar-refractivity contribution < 1.29 is 40.9 Å². The van der Waals surface area contributed by atoms with Gasteiger partial charge in [0.05, 0.1) is 44.1 Å². The van der Waals surface area contributed by atoms with E-state index >= 15 is 8.42 Å². The van der Waals surface area contributed by atoms with Gasteiger partial charge in [0, 0.05) is 31.4 Å². The summed E-state index contributed by atoms with van der Waals surface area (Å²) in [5.41, 5.74) is 8.53. The summed E-state index contributed by atoms with van der Waals surface area (Å²) in [7, 11) is -4.93. The van der Waals surface area contributed by atoms with Gasteiger partial charge in [-0.25, -0.2) is 31.3 Å². The van der Waals surface area contributed by atoms with Crippen LogP contribution in [0.3, 0.4) is 0 Å². The summed E-state index contributed by atoms with van der Waals surface area (Å²) >= 11 is 0. The quantitative estimate of drug-likeness (QED) is 0.115. The van der Waals surface area contributed by atoms with Crippen LogP contribution in [0.2, 0.25) is 0 Å². The predicted octanol–water partition coefficient (Wildman–Crippen LogP) is 4.49. The van der Waals surface area contributed by atoms with Gasteiger partial charge in [0.25, 0.3) is 0 Å². The van der Waals surface area contributed by atoms with Crippen LogP contribution in [0.1, 0.15) is 16.7 Å². The number of nitrogen functional groups attached to an aromatic ring is 1. The number of carboxylic acid groups (broad SMARTS) is 1. The zero-order valence-corrected chi connectivity index (χ0v) is 33.3. The van der Waals surface area contributed by atoms with Crippen molar-refractivity contribution in [1.29, 1.82) is 0 Å². The first-order valence-corrected chi connectivity index (χ1v) is 20.7. The van der Waals surface area contributed by atoms with Crippen LogP contribution in [0.15, 0.2) is 113 Å². The smallest absolute Gasteiger partial charge is 0.404 e. The summed E-state index contributed by atoms with van der Waals surface area (Å²) in [6.45, 7) is -0.920. The van der Waals surface area contributed by atoms with Crippen molar-refractivity contribution in [2.45, 2.75) is 29.4 Å². The molecular formula is C39H40N8O9S2. The molecule has 0 aliphatic carbocycles. The zero-order chi connectivity index (χ0) is 41.5.